The zero-order valence-electron chi connectivity index (χ0n) is 21.1. The Morgan fingerprint density at radius 1 is 0.973 bits per heavy atom. The van der Waals surface area contributed by atoms with Crippen LogP contribution in [-0.4, -0.2) is 46.8 Å². The third-order valence-electron chi connectivity index (χ3n) is 6.29. The summed E-state index contributed by atoms with van der Waals surface area (Å²) in [7, 11) is 3.99. The Balaban J connectivity index is 0.000000666. The minimum Gasteiger partial charge on any atom is -0.508 e. The number of nitrogens with zero attached hydrogens (tertiary/aromatic N) is 1. The molecule has 3 N–H and O–H groups in total. The molecule has 0 heterocycles. The first-order chi connectivity index (χ1) is 16.5. The fraction of sp³-hybridized carbons (Fsp3) is 0.387. The number of rotatable bonds is 8. The zero-order chi connectivity index (χ0) is 26.2. The minimum atomic E-state index is -0.957. The number of phenols is 1. The molecule has 0 aromatic heterocycles. The van der Waals surface area contributed by atoms with Gasteiger partial charge in [0.2, 0.25) is 0 Å². The molecule has 3 rings (SSSR count). The van der Waals surface area contributed by atoms with E-state index in [0.717, 1.165) is 17.7 Å². The largest absolute Gasteiger partial charge is 0.508 e. The number of halogens is 1. The van der Waals surface area contributed by atoms with Crippen LogP contribution in [0.3, 0.4) is 0 Å². The molecule has 0 bridgehead atoms. The highest BCUT2D eigenvalue weighted by Crippen LogP contribution is 2.34. The predicted molar refractivity (Wildman–Crippen MR) is 151 cm³/mol. The van der Waals surface area contributed by atoms with Crippen molar-refractivity contribution in [3.05, 3.63) is 89.7 Å². The van der Waals surface area contributed by atoms with E-state index in [1.165, 1.54) is 6.07 Å². The Labute approximate surface area is 222 Å². The summed E-state index contributed by atoms with van der Waals surface area (Å²) in [5, 5.41) is 29.2. The molecule has 204 valence electrons. The summed E-state index contributed by atoms with van der Waals surface area (Å²) < 4.78 is 14.0. The zero-order valence-corrected chi connectivity index (χ0v) is 21.1. The lowest BCUT2D eigenvalue weighted by atomic mass is 9.80. The summed E-state index contributed by atoms with van der Waals surface area (Å²) in [6.45, 7) is 6.35. The highest BCUT2D eigenvalue weighted by Gasteiger charge is 2.34. The molecular formula is C31H44FNO4. The van der Waals surface area contributed by atoms with E-state index in [2.05, 4.69) is 4.90 Å². The number of benzene rings is 3. The molecule has 0 saturated heterocycles. The minimum absolute atomic E-state index is 0. The number of aromatic hydroxyl groups is 1. The highest BCUT2D eigenvalue weighted by molar-refractivity contribution is 5.76. The van der Waals surface area contributed by atoms with Gasteiger partial charge in [0.05, 0.1) is 11.5 Å². The molecule has 37 heavy (non-hydrogen) atoms. The van der Waals surface area contributed by atoms with E-state index in [1.807, 2.05) is 64.3 Å². The summed E-state index contributed by atoms with van der Waals surface area (Å²) in [4.78, 5) is 12.9. The Bertz CT molecular complexity index is 1100. The number of carboxylic acid groups (broad SMARTS) is 1. The Morgan fingerprint density at radius 3 is 2.08 bits per heavy atom. The summed E-state index contributed by atoms with van der Waals surface area (Å²) >= 11 is 0. The molecule has 6 heteroatoms. The molecule has 3 aromatic carbocycles. The summed E-state index contributed by atoms with van der Waals surface area (Å²) in [6.07, 6.45) is 0.630. The molecular weight excluding hydrogens is 469 g/mol. The Kier molecular flexibility index (Phi) is 13.8. The van der Waals surface area contributed by atoms with Crippen LogP contribution in [-0.2, 0) is 10.4 Å². The number of carbonyl (C=O) groups is 1. The van der Waals surface area contributed by atoms with Crippen molar-refractivity contribution in [1.82, 2.24) is 4.90 Å². The number of aliphatic hydroxyl groups is 1. The van der Waals surface area contributed by atoms with Crippen LogP contribution >= 0.6 is 0 Å². The molecule has 0 fully saturated rings. The molecule has 1 unspecified atom stereocenters. The van der Waals surface area contributed by atoms with E-state index in [9.17, 15) is 19.4 Å². The van der Waals surface area contributed by atoms with Crippen LogP contribution in [0.1, 0.15) is 59.1 Å². The van der Waals surface area contributed by atoms with Crippen molar-refractivity contribution in [2.75, 3.05) is 20.6 Å². The molecule has 0 saturated carbocycles. The molecule has 0 aliphatic rings. The van der Waals surface area contributed by atoms with E-state index in [0.29, 0.717) is 17.5 Å². The number of hydrogen-bond donors (Lipinski definition) is 3. The van der Waals surface area contributed by atoms with Crippen LogP contribution < -0.4 is 0 Å². The van der Waals surface area contributed by atoms with Crippen LogP contribution in [0.2, 0.25) is 0 Å². The van der Waals surface area contributed by atoms with Gasteiger partial charge < -0.3 is 20.2 Å². The number of hydrogen-bond acceptors (Lipinski definition) is 4. The Morgan fingerprint density at radius 2 is 1.59 bits per heavy atom. The fourth-order valence-electron chi connectivity index (χ4n) is 4.11. The molecule has 3 aromatic rings. The van der Waals surface area contributed by atoms with Crippen molar-refractivity contribution in [2.45, 2.75) is 53.6 Å². The normalized spacial score (nSPS) is 13.6. The van der Waals surface area contributed by atoms with Gasteiger partial charge in [0, 0.05) is 18.0 Å². The van der Waals surface area contributed by atoms with E-state index < -0.39 is 23.3 Å². The second kappa shape index (κ2) is 15.1. The maximum atomic E-state index is 14.0. The number of phenolic OH excluding ortho intramolecular Hbond substituents is 1. The van der Waals surface area contributed by atoms with Crippen molar-refractivity contribution >= 4 is 5.97 Å². The van der Waals surface area contributed by atoms with E-state index >= 15 is 0 Å². The van der Waals surface area contributed by atoms with E-state index in [4.69, 9.17) is 5.11 Å². The van der Waals surface area contributed by atoms with Crippen molar-refractivity contribution in [1.29, 1.82) is 0 Å². The lowest BCUT2D eigenvalue weighted by Gasteiger charge is -2.35. The highest BCUT2D eigenvalue weighted by atomic mass is 19.1. The van der Waals surface area contributed by atoms with Crippen LogP contribution in [0.5, 0.6) is 5.75 Å². The van der Waals surface area contributed by atoms with Gasteiger partial charge in [0.15, 0.2) is 0 Å². The fourth-order valence-corrected chi connectivity index (χ4v) is 4.11. The van der Waals surface area contributed by atoms with Crippen molar-refractivity contribution < 1.29 is 24.5 Å². The van der Waals surface area contributed by atoms with Crippen molar-refractivity contribution in [2.24, 2.45) is 5.92 Å². The number of aliphatic carboxylic acids is 1. The third-order valence-corrected chi connectivity index (χ3v) is 6.29. The van der Waals surface area contributed by atoms with Crippen molar-refractivity contribution in [3.63, 3.8) is 0 Å². The third kappa shape index (κ3) is 8.99. The second-order valence-electron chi connectivity index (χ2n) is 9.16. The first-order valence-corrected chi connectivity index (χ1v) is 11.7. The SMILES string of the molecule is C.C.CC(C(=O)O)c1ccc(-c2ccccc2)c(F)c1.CC[C@](O)(c1cccc(O)c1)[C@H](C)CN(C)C. The van der Waals surface area contributed by atoms with Crippen LogP contribution in [0.25, 0.3) is 11.1 Å². The Hall–Kier alpha value is -3.22. The molecule has 0 aliphatic carbocycles. The molecule has 5 nitrogen and oxygen atoms in total. The lowest BCUT2D eigenvalue weighted by Crippen LogP contribution is -2.38. The first-order valence-electron chi connectivity index (χ1n) is 11.7. The number of carboxylic acids is 1. The second-order valence-corrected chi connectivity index (χ2v) is 9.16. The van der Waals surface area contributed by atoms with Crippen molar-refractivity contribution in [3.8, 4) is 16.9 Å². The van der Waals surface area contributed by atoms with Gasteiger partial charge >= 0.3 is 5.97 Å². The monoisotopic (exact) mass is 513 g/mol. The van der Waals surface area contributed by atoms with Gasteiger partial charge in [-0.1, -0.05) is 83.3 Å². The van der Waals surface area contributed by atoms with E-state index in [-0.39, 0.29) is 26.5 Å². The average Bonchev–Trinajstić information content (AvgIpc) is 2.83. The van der Waals surface area contributed by atoms with Crippen LogP contribution in [0.4, 0.5) is 4.39 Å². The molecule has 3 atom stereocenters. The van der Waals surface area contributed by atoms with Gasteiger partial charge in [-0.05, 0) is 62.3 Å². The predicted octanol–water partition coefficient (Wildman–Crippen LogP) is 7.14. The van der Waals surface area contributed by atoms with Gasteiger partial charge in [-0.3, -0.25) is 4.79 Å². The average molecular weight is 514 g/mol. The smallest absolute Gasteiger partial charge is 0.310 e. The standard InChI is InChI=1S/C15H13FO2.C14H23NO2.2CH4/c1-10(15(17)18)12-7-8-13(14(16)9-12)11-5-3-2-4-6-11;1-5-14(17,11(2)10-15(3)4)12-7-6-8-13(16)9-12;;/h2-10H,1H3,(H,17,18);6-9,11,16-17H,5,10H2,1-4H3;2*1H4/t;11-,14-;;/m.1../s1. The van der Waals surface area contributed by atoms with Gasteiger partial charge in [-0.2, -0.15) is 0 Å². The van der Waals surface area contributed by atoms with Crippen LogP contribution in [0, 0.1) is 11.7 Å². The van der Waals surface area contributed by atoms with Gasteiger partial charge in [-0.25, -0.2) is 4.39 Å². The first kappa shape index (κ1) is 33.8. The molecule has 0 aliphatic heterocycles. The topological polar surface area (TPSA) is 81.0 Å². The van der Waals surface area contributed by atoms with Gasteiger partial charge in [0.1, 0.15) is 11.6 Å². The summed E-state index contributed by atoms with van der Waals surface area (Å²) in [6, 6.07) is 20.7. The lowest BCUT2D eigenvalue weighted by molar-refractivity contribution is -0.138. The van der Waals surface area contributed by atoms with Crippen LogP contribution in [0.15, 0.2) is 72.8 Å². The maximum absolute atomic E-state index is 14.0. The maximum Gasteiger partial charge on any atom is 0.310 e. The molecule has 0 spiro atoms. The summed E-state index contributed by atoms with van der Waals surface area (Å²) in [5.41, 5.74) is 1.64. The van der Waals surface area contributed by atoms with E-state index in [1.54, 1.807) is 37.3 Å². The van der Waals surface area contributed by atoms with Gasteiger partial charge in [-0.15, -0.1) is 0 Å². The quantitative estimate of drug-likeness (QED) is 0.298. The van der Waals surface area contributed by atoms with Gasteiger partial charge in [0.25, 0.3) is 0 Å². The molecule has 0 amide bonds. The molecule has 0 radical (unpaired) electrons. The summed E-state index contributed by atoms with van der Waals surface area (Å²) in [5.74, 6) is -1.76.